The molecule has 2 aliphatic carbocycles. The Kier molecular flexibility index (Phi) is 10.5. The zero-order valence-corrected chi connectivity index (χ0v) is 24.6. The first-order chi connectivity index (χ1) is 19.1. The summed E-state index contributed by atoms with van der Waals surface area (Å²) in [6.45, 7) is 2.92. The van der Waals surface area contributed by atoms with Gasteiger partial charge in [0.2, 0.25) is 0 Å². The summed E-state index contributed by atoms with van der Waals surface area (Å²) in [6.07, 6.45) is 2.72. The minimum absolute atomic E-state index is 0.0146. The molecule has 0 radical (unpaired) electrons. The van der Waals surface area contributed by atoms with E-state index in [2.05, 4.69) is 9.98 Å². The summed E-state index contributed by atoms with van der Waals surface area (Å²) >= 11 is 12.3. The molecule has 0 spiro atoms. The van der Waals surface area contributed by atoms with Crippen LogP contribution in [0.2, 0.25) is 10.0 Å². The van der Waals surface area contributed by atoms with Crippen LogP contribution in [-0.2, 0) is 9.59 Å². The number of rotatable bonds is 9. The maximum Gasteiger partial charge on any atom is 0.433 e. The Labute approximate surface area is 247 Å². The summed E-state index contributed by atoms with van der Waals surface area (Å²) in [5.74, 6) is -2.76. The third-order valence-electron chi connectivity index (χ3n) is 8.19. The number of carbonyl (C=O) groups is 3. The number of hydrogen-bond acceptors (Lipinski definition) is 6. The number of aliphatic imine (C=N–C) groups is 1. The largest absolute Gasteiger partial charge is 0.481 e. The number of amides is 1. The van der Waals surface area contributed by atoms with Gasteiger partial charge in [-0.2, -0.15) is 13.2 Å². The Morgan fingerprint density at radius 1 is 1.10 bits per heavy atom. The van der Waals surface area contributed by atoms with Crippen LogP contribution in [0.3, 0.4) is 0 Å². The number of halogens is 5. The smallest absolute Gasteiger partial charge is 0.433 e. The first-order valence-electron chi connectivity index (χ1n) is 13.5. The Morgan fingerprint density at radius 2 is 1.66 bits per heavy atom. The molecular weight excluding hydrogens is 584 g/mol. The van der Waals surface area contributed by atoms with Gasteiger partial charge in [0, 0.05) is 25.1 Å². The summed E-state index contributed by atoms with van der Waals surface area (Å²) < 4.78 is 43.1. The summed E-state index contributed by atoms with van der Waals surface area (Å²) in [7, 11) is 0. The van der Waals surface area contributed by atoms with Crippen LogP contribution in [-0.4, -0.2) is 63.7 Å². The van der Waals surface area contributed by atoms with Gasteiger partial charge in [0.05, 0.1) is 39.2 Å². The van der Waals surface area contributed by atoms with Crippen molar-refractivity contribution in [1.82, 2.24) is 9.88 Å². The van der Waals surface area contributed by atoms with Gasteiger partial charge in [-0.1, -0.05) is 49.4 Å². The Balaban J connectivity index is 1.97. The highest BCUT2D eigenvalue weighted by molar-refractivity contribution is 6.39. The molecule has 0 aliphatic heterocycles. The molecule has 13 heteroatoms. The number of aliphatic carboxylic acids is 1. The Hall–Kier alpha value is -2.66. The number of aromatic nitrogens is 1. The van der Waals surface area contributed by atoms with Crippen LogP contribution in [0.1, 0.15) is 82.0 Å². The Morgan fingerprint density at radius 3 is 2.15 bits per heavy atom. The van der Waals surface area contributed by atoms with Gasteiger partial charge >= 0.3 is 12.1 Å². The molecule has 0 bridgehead atoms. The van der Waals surface area contributed by atoms with E-state index in [4.69, 9.17) is 28.9 Å². The van der Waals surface area contributed by atoms with Gasteiger partial charge < -0.3 is 15.7 Å². The van der Waals surface area contributed by atoms with Crippen LogP contribution in [0.15, 0.2) is 29.2 Å². The van der Waals surface area contributed by atoms with E-state index >= 15 is 0 Å². The van der Waals surface area contributed by atoms with Crippen molar-refractivity contribution in [2.24, 2.45) is 21.6 Å². The second-order valence-electron chi connectivity index (χ2n) is 11.6. The molecule has 1 aromatic heterocycles. The van der Waals surface area contributed by atoms with E-state index in [0.717, 1.165) is 37.0 Å². The maximum absolute atomic E-state index is 14.4. The highest BCUT2D eigenvalue weighted by atomic mass is 35.5. The van der Waals surface area contributed by atoms with E-state index in [9.17, 15) is 32.7 Å². The summed E-state index contributed by atoms with van der Waals surface area (Å²) in [6, 6.07) is -0.845. The van der Waals surface area contributed by atoms with E-state index in [1.807, 2.05) is 6.92 Å². The number of nitrogens with zero attached hydrogens (tertiary/aromatic N) is 3. The monoisotopic (exact) mass is 618 g/mol. The third-order valence-corrected chi connectivity index (χ3v) is 8.77. The van der Waals surface area contributed by atoms with Crippen LogP contribution >= 0.6 is 23.2 Å². The van der Waals surface area contributed by atoms with Gasteiger partial charge in [-0.15, -0.1) is 0 Å². The predicted molar refractivity (Wildman–Crippen MR) is 150 cm³/mol. The first kappa shape index (κ1) is 32.8. The molecule has 1 heterocycles. The number of nitrogens with two attached hydrogens (primary N) is 1. The van der Waals surface area contributed by atoms with Crippen LogP contribution in [0.5, 0.6) is 0 Å². The van der Waals surface area contributed by atoms with Crippen LogP contribution in [0, 0.1) is 10.8 Å². The molecule has 0 unspecified atom stereocenters. The number of carboxylic acid groups (broad SMARTS) is 1. The summed E-state index contributed by atoms with van der Waals surface area (Å²) in [4.78, 5) is 47.5. The van der Waals surface area contributed by atoms with E-state index in [0.29, 0.717) is 6.20 Å². The van der Waals surface area contributed by atoms with Crippen LogP contribution in [0.4, 0.5) is 13.2 Å². The summed E-state index contributed by atoms with van der Waals surface area (Å²) in [5.41, 5.74) is 1.77. The first-order valence-corrected chi connectivity index (χ1v) is 14.3. The number of ketones is 1. The van der Waals surface area contributed by atoms with Gasteiger partial charge in [-0.25, -0.2) is 0 Å². The molecule has 1 aromatic rings. The average Bonchev–Trinajstić information content (AvgIpc) is 2.88. The van der Waals surface area contributed by atoms with Gasteiger partial charge in [-0.3, -0.25) is 24.4 Å². The lowest BCUT2D eigenvalue weighted by molar-refractivity contribution is -0.149. The molecular formula is C28H35Cl2F3N4O4. The topological polar surface area (TPSA) is 126 Å². The number of alkyl halides is 3. The van der Waals surface area contributed by atoms with E-state index < -0.39 is 58.5 Å². The van der Waals surface area contributed by atoms with Crippen molar-refractivity contribution >= 4 is 46.6 Å². The molecule has 1 amide bonds. The third kappa shape index (κ3) is 8.00. The highest BCUT2D eigenvalue weighted by Gasteiger charge is 2.44. The molecule has 3 rings (SSSR count). The maximum atomic E-state index is 14.4. The standard InChI is InChI=1S/C28H35Cl2F3N4O4/c1-26(8-4-3-5-9-26)16-37(15-21(38)22-19(29)13-35-14-20(22)30)24(39)18(12-34)23(28(31,32)33)36-17-6-10-27(2,11-7-17)25(40)41/h12-14,17H,3-11,15-16,34H2,1-2H3,(H,40,41). The number of carbonyl (C=O) groups excluding carboxylic acids is 2. The van der Waals surface area contributed by atoms with Crippen molar-refractivity contribution in [2.75, 3.05) is 13.1 Å². The van der Waals surface area contributed by atoms with Crippen molar-refractivity contribution in [3.05, 3.63) is 39.8 Å². The fourth-order valence-electron chi connectivity index (χ4n) is 5.64. The average molecular weight is 620 g/mol. The lowest BCUT2D eigenvalue weighted by atomic mass is 9.74. The van der Waals surface area contributed by atoms with Crippen molar-refractivity contribution in [3.63, 3.8) is 0 Å². The minimum Gasteiger partial charge on any atom is -0.481 e. The SMILES string of the molecule is CC1(CN(CC(=O)c2c(Cl)cncc2Cl)C(=O)C(=CN)C(=NC2CCC(C)(C(=O)O)CC2)C(F)(F)F)CCCCC1. The normalized spacial score (nSPS) is 23.6. The van der Waals surface area contributed by atoms with Crippen LogP contribution in [0.25, 0.3) is 0 Å². The summed E-state index contributed by atoms with van der Waals surface area (Å²) in [5, 5.41) is 9.37. The fraction of sp³-hybridized carbons (Fsp3) is 0.607. The quantitative estimate of drug-likeness (QED) is 0.191. The zero-order chi connectivity index (χ0) is 30.6. The molecule has 3 N–H and O–H groups in total. The van der Waals surface area contributed by atoms with Crippen molar-refractivity contribution in [1.29, 1.82) is 0 Å². The number of hydrogen-bond donors (Lipinski definition) is 2. The van der Waals surface area contributed by atoms with Gasteiger partial charge in [-0.05, 0) is 50.9 Å². The molecule has 2 aliphatic rings. The molecule has 2 saturated carbocycles. The van der Waals surface area contributed by atoms with E-state index in [1.54, 1.807) is 6.92 Å². The van der Waals surface area contributed by atoms with E-state index in [-0.39, 0.29) is 47.8 Å². The zero-order valence-electron chi connectivity index (χ0n) is 23.1. The Bertz CT molecular complexity index is 1200. The molecule has 226 valence electrons. The molecule has 2 fully saturated rings. The number of pyridine rings is 1. The molecule has 0 atom stereocenters. The number of Topliss-reactive ketones (excluding diaryl/α,β-unsaturated/α-hetero) is 1. The lowest BCUT2D eigenvalue weighted by Crippen LogP contribution is -2.46. The highest BCUT2D eigenvalue weighted by Crippen LogP contribution is 2.39. The van der Waals surface area contributed by atoms with E-state index in [1.165, 1.54) is 12.4 Å². The lowest BCUT2D eigenvalue weighted by Gasteiger charge is -2.38. The van der Waals surface area contributed by atoms with Gasteiger partial charge in [0.25, 0.3) is 5.91 Å². The molecule has 8 nitrogen and oxygen atoms in total. The van der Waals surface area contributed by atoms with Crippen molar-refractivity contribution < 1.29 is 32.7 Å². The van der Waals surface area contributed by atoms with Gasteiger partial charge in [0.1, 0.15) is 0 Å². The van der Waals surface area contributed by atoms with Crippen molar-refractivity contribution in [3.8, 4) is 0 Å². The predicted octanol–water partition coefficient (Wildman–Crippen LogP) is 6.25. The second-order valence-corrected chi connectivity index (χ2v) is 12.4. The fourth-order valence-corrected chi connectivity index (χ4v) is 6.21. The molecule has 0 saturated heterocycles. The molecule has 0 aromatic carbocycles. The van der Waals surface area contributed by atoms with Crippen molar-refractivity contribution in [2.45, 2.75) is 83.9 Å². The van der Waals surface area contributed by atoms with Crippen LogP contribution < -0.4 is 5.73 Å². The number of carboxylic acids is 1. The second kappa shape index (κ2) is 13.1. The minimum atomic E-state index is -5.03. The molecule has 41 heavy (non-hydrogen) atoms. The van der Waals surface area contributed by atoms with Gasteiger partial charge in [0.15, 0.2) is 11.5 Å².